The van der Waals surface area contributed by atoms with Gasteiger partial charge in [-0.15, -0.1) is 0 Å². The second-order valence-corrected chi connectivity index (χ2v) is 6.35. The van der Waals surface area contributed by atoms with Gasteiger partial charge in [-0.05, 0) is 55.6 Å². The van der Waals surface area contributed by atoms with Crippen LogP contribution in [-0.2, 0) is 0 Å². The van der Waals surface area contributed by atoms with Crippen LogP contribution in [0, 0.1) is 5.41 Å². The number of nitrogens with zero attached hydrogens (tertiary/aromatic N) is 1. The van der Waals surface area contributed by atoms with E-state index in [9.17, 15) is 4.79 Å². The van der Waals surface area contributed by atoms with Gasteiger partial charge in [-0.25, -0.2) is 0 Å². The summed E-state index contributed by atoms with van der Waals surface area (Å²) in [4.78, 5) is 14.5. The Morgan fingerprint density at radius 3 is 2.20 bits per heavy atom. The Balaban J connectivity index is 1.89. The SMILES string of the molecule is CCC1(CC)CCN(CC(=O)c2ccc(Cl)cc2)CC1. The minimum Gasteiger partial charge on any atom is -0.296 e. The summed E-state index contributed by atoms with van der Waals surface area (Å²) in [5.74, 6) is 0.196. The molecule has 0 aliphatic carbocycles. The normalized spacial score (nSPS) is 18.9. The van der Waals surface area contributed by atoms with Crippen LogP contribution in [0.1, 0.15) is 49.9 Å². The van der Waals surface area contributed by atoms with Gasteiger partial charge >= 0.3 is 0 Å². The van der Waals surface area contributed by atoms with Gasteiger partial charge in [0.05, 0.1) is 6.54 Å². The first-order chi connectivity index (χ1) is 9.58. The summed E-state index contributed by atoms with van der Waals surface area (Å²) in [5, 5.41) is 0.676. The average Bonchev–Trinajstić information content (AvgIpc) is 2.49. The molecule has 1 saturated heterocycles. The van der Waals surface area contributed by atoms with E-state index in [1.54, 1.807) is 12.1 Å². The highest BCUT2D eigenvalue weighted by Crippen LogP contribution is 2.37. The molecule has 0 aromatic heterocycles. The first-order valence-corrected chi connectivity index (χ1v) is 7.97. The molecule has 2 rings (SSSR count). The Morgan fingerprint density at radius 1 is 1.15 bits per heavy atom. The zero-order valence-corrected chi connectivity index (χ0v) is 13.2. The lowest BCUT2D eigenvalue weighted by Crippen LogP contribution is -2.41. The molecule has 1 aliphatic rings. The Morgan fingerprint density at radius 2 is 1.70 bits per heavy atom. The summed E-state index contributed by atoms with van der Waals surface area (Å²) >= 11 is 5.85. The Hall–Kier alpha value is -0.860. The van der Waals surface area contributed by atoms with Crippen LogP contribution in [0.25, 0.3) is 0 Å². The summed E-state index contributed by atoms with van der Waals surface area (Å²) in [5.41, 5.74) is 1.28. The molecule has 0 unspecified atom stereocenters. The van der Waals surface area contributed by atoms with E-state index < -0.39 is 0 Å². The van der Waals surface area contributed by atoms with Crippen LogP contribution < -0.4 is 0 Å². The third-order valence-corrected chi connectivity index (χ3v) is 5.20. The molecule has 0 N–H and O–H groups in total. The fraction of sp³-hybridized carbons (Fsp3) is 0.588. The van der Waals surface area contributed by atoms with Crippen LogP contribution in [-0.4, -0.2) is 30.3 Å². The lowest BCUT2D eigenvalue weighted by atomic mass is 9.74. The van der Waals surface area contributed by atoms with Crippen molar-refractivity contribution in [2.75, 3.05) is 19.6 Å². The monoisotopic (exact) mass is 293 g/mol. The van der Waals surface area contributed by atoms with Crippen LogP contribution in [0.2, 0.25) is 5.02 Å². The molecular formula is C17H24ClNO. The number of likely N-dealkylation sites (tertiary alicyclic amines) is 1. The van der Waals surface area contributed by atoms with Crippen molar-refractivity contribution in [3.8, 4) is 0 Å². The van der Waals surface area contributed by atoms with Gasteiger partial charge in [0.25, 0.3) is 0 Å². The van der Waals surface area contributed by atoms with Crippen molar-refractivity contribution in [1.29, 1.82) is 0 Å². The lowest BCUT2D eigenvalue weighted by molar-refractivity contribution is 0.0756. The number of rotatable bonds is 5. The summed E-state index contributed by atoms with van der Waals surface area (Å²) in [6.07, 6.45) is 4.94. The molecule has 2 nitrogen and oxygen atoms in total. The molecule has 0 spiro atoms. The second-order valence-electron chi connectivity index (χ2n) is 5.91. The number of Topliss-reactive ketones (excluding diaryl/α,β-unsaturated/α-hetero) is 1. The van der Waals surface area contributed by atoms with Crippen molar-refractivity contribution < 1.29 is 4.79 Å². The molecule has 3 heteroatoms. The number of hydrogen-bond donors (Lipinski definition) is 0. The molecule has 1 aliphatic heterocycles. The van der Waals surface area contributed by atoms with E-state index in [0.29, 0.717) is 17.0 Å². The predicted octanol–water partition coefficient (Wildman–Crippen LogP) is 4.42. The van der Waals surface area contributed by atoms with E-state index in [1.165, 1.54) is 25.7 Å². The summed E-state index contributed by atoms with van der Waals surface area (Å²) in [6, 6.07) is 7.20. The van der Waals surface area contributed by atoms with Gasteiger partial charge < -0.3 is 0 Å². The molecule has 1 heterocycles. The maximum atomic E-state index is 12.2. The molecule has 0 atom stereocenters. The third-order valence-electron chi connectivity index (χ3n) is 4.95. The standard InChI is InChI=1S/C17H24ClNO/c1-3-17(4-2)9-11-19(12-10-17)13-16(20)14-5-7-15(18)8-6-14/h5-8H,3-4,9-13H2,1-2H3. The van der Waals surface area contributed by atoms with Gasteiger partial charge in [-0.2, -0.15) is 0 Å². The topological polar surface area (TPSA) is 20.3 Å². The second kappa shape index (κ2) is 6.73. The predicted molar refractivity (Wildman–Crippen MR) is 84.5 cm³/mol. The van der Waals surface area contributed by atoms with Crippen molar-refractivity contribution in [3.63, 3.8) is 0 Å². The Labute approximate surface area is 127 Å². The number of hydrogen-bond acceptors (Lipinski definition) is 2. The largest absolute Gasteiger partial charge is 0.296 e. The maximum absolute atomic E-state index is 12.2. The zero-order chi connectivity index (χ0) is 14.6. The van der Waals surface area contributed by atoms with Crippen molar-refractivity contribution in [2.24, 2.45) is 5.41 Å². The first-order valence-electron chi connectivity index (χ1n) is 7.60. The van der Waals surface area contributed by atoms with Crippen molar-refractivity contribution in [3.05, 3.63) is 34.9 Å². The van der Waals surface area contributed by atoms with E-state index >= 15 is 0 Å². The fourth-order valence-electron chi connectivity index (χ4n) is 3.07. The minimum atomic E-state index is 0.196. The van der Waals surface area contributed by atoms with Crippen LogP contribution in [0.4, 0.5) is 0 Å². The molecule has 20 heavy (non-hydrogen) atoms. The number of halogens is 1. The van der Waals surface area contributed by atoms with Crippen LogP contribution in [0.5, 0.6) is 0 Å². The molecule has 0 amide bonds. The van der Waals surface area contributed by atoms with Crippen LogP contribution in [0.15, 0.2) is 24.3 Å². The number of carbonyl (C=O) groups is 1. The van der Waals surface area contributed by atoms with E-state index in [1.807, 2.05) is 12.1 Å². The highest BCUT2D eigenvalue weighted by atomic mass is 35.5. The van der Waals surface area contributed by atoms with E-state index in [0.717, 1.165) is 18.7 Å². The highest BCUT2D eigenvalue weighted by Gasteiger charge is 2.31. The van der Waals surface area contributed by atoms with E-state index in [4.69, 9.17) is 11.6 Å². The Bertz CT molecular complexity index is 441. The number of benzene rings is 1. The van der Waals surface area contributed by atoms with E-state index in [2.05, 4.69) is 18.7 Å². The first kappa shape index (κ1) is 15.5. The van der Waals surface area contributed by atoms with Crippen LogP contribution >= 0.6 is 11.6 Å². The quantitative estimate of drug-likeness (QED) is 0.749. The van der Waals surface area contributed by atoms with Gasteiger partial charge in [0.1, 0.15) is 0 Å². The van der Waals surface area contributed by atoms with Crippen molar-refractivity contribution in [1.82, 2.24) is 4.90 Å². The van der Waals surface area contributed by atoms with Crippen LogP contribution in [0.3, 0.4) is 0 Å². The summed E-state index contributed by atoms with van der Waals surface area (Å²) in [6.45, 7) is 7.20. The van der Waals surface area contributed by atoms with Gasteiger partial charge in [-0.1, -0.05) is 38.3 Å². The van der Waals surface area contributed by atoms with Crippen molar-refractivity contribution in [2.45, 2.75) is 39.5 Å². The van der Waals surface area contributed by atoms with E-state index in [-0.39, 0.29) is 5.78 Å². The van der Waals surface area contributed by atoms with Gasteiger partial charge in [0, 0.05) is 10.6 Å². The Kier molecular flexibility index (Phi) is 5.22. The summed E-state index contributed by atoms with van der Waals surface area (Å²) < 4.78 is 0. The molecule has 0 radical (unpaired) electrons. The molecule has 1 aromatic carbocycles. The maximum Gasteiger partial charge on any atom is 0.176 e. The third kappa shape index (κ3) is 3.62. The van der Waals surface area contributed by atoms with Gasteiger partial charge in [0.15, 0.2) is 5.78 Å². The molecular weight excluding hydrogens is 270 g/mol. The van der Waals surface area contributed by atoms with Gasteiger partial charge in [-0.3, -0.25) is 9.69 Å². The minimum absolute atomic E-state index is 0.196. The molecule has 1 fully saturated rings. The smallest absolute Gasteiger partial charge is 0.176 e. The molecule has 110 valence electrons. The average molecular weight is 294 g/mol. The lowest BCUT2D eigenvalue weighted by Gasteiger charge is -2.40. The molecule has 0 bridgehead atoms. The van der Waals surface area contributed by atoms with Gasteiger partial charge in [0.2, 0.25) is 0 Å². The zero-order valence-electron chi connectivity index (χ0n) is 12.5. The molecule has 1 aromatic rings. The summed E-state index contributed by atoms with van der Waals surface area (Å²) in [7, 11) is 0. The highest BCUT2D eigenvalue weighted by molar-refractivity contribution is 6.30. The number of ketones is 1. The number of piperidine rings is 1. The number of carbonyl (C=O) groups excluding carboxylic acids is 1. The van der Waals surface area contributed by atoms with Crippen molar-refractivity contribution >= 4 is 17.4 Å². The fourth-order valence-corrected chi connectivity index (χ4v) is 3.20. The molecule has 0 saturated carbocycles.